The molecule has 0 bridgehead atoms. The predicted octanol–water partition coefficient (Wildman–Crippen LogP) is 4.40. The van der Waals surface area contributed by atoms with Crippen LogP contribution in [0.1, 0.15) is 10.4 Å². The summed E-state index contributed by atoms with van der Waals surface area (Å²) in [5.74, 6) is -2.32. The summed E-state index contributed by atoms with van der Waals surface area (Å²) in [6.45, 7) is -3.87. The van der Waals surface area contributed by atoms with Gasteiger partial charge < -0.3 is 19.5 Å². The van der Waals surface area contributed by atoms with E-state index in [0.717, 1.165) is 0 Å². The number of amides is 1. The van der Waals surface area contributed by atoms with Gasteiger partial charge in [0.05, 0.1) is 17.8 Å². The van der Waals surface area contributed by atoms with E-state index in [0.29, 0.717) is 5.02 Å². The Hall–Kier alpha value is -2.58. The number of rotatable bonds is 7. The van der Waals surface area contributed by atoms with E-state index in [1.165, 1.54) is 43.5 Å². The van der Waals surface area contributed by atoms with Crippen molar-refractivity contribution in [2.75, 3.05) is 19.0 Å². The standard InChI is InChI=1S/C17H13Cl2F2NO5/c1-25-13-4-2-3-10(15(13)27-17(20)21)16(24)26-8-14(23)22-12-7-9(18)5-6-11(12)19/h2-7,17H,8H2,1H3,(H,22,23). The van der Waals surface area contributed by atoms with Crippen LogP contribution in [0.25, 0.3) is 0 Å². The topological polar surface area (TPSA) is 73.9 Å². The molecule has 0 fully saturated rings. The number of esters is 1. The van der Waals surface area contributed by atoms with Crippen molar-refractivity contribution in [3.05, 3.63) is 52.0 Å². The first-order valence-corrected chi connectivity index (χ1v) is 8.11. The molecule has 2 rings (SSSR count). The second-order valence-electron chi connectivity index (χ2n) is 4.96. The lowest BCUT2D eigenvalue weighted by Gasteiger charge is -2.14. The molecular weight excluding hydrogens is 407 g/mol. The molecule has 1 N–H and O–H groups in total. The van der Waals surface area contributed by atoms with E-state index >= 15 is 0 Å². The molecule has 144 valence electrons. The summed E-state index contributed by atoms with van der Waals surface area (Å²) in [5, 5.41) is 3.00. The molecule has 0 radical (unpaired) electrons. The molecule has 0 aliphatic carbocycles. The zero-order chi connectivity index (χ0) is 20.0. The highest BCUT2D eigenvalue weighted by Crippen LogP contribution is 2.33. The number of para-hydroxylation sites is 1. The van der Waals surface area contributed by atoms with Crippen LogP contribution in [-0.2, 0) is 9.53 Å². The minimum Gasteiger partial charge on any atom is -0.493 e. The first kappa shape index (κ1) is 20.7. The Balaban J connectivity index is 2.07. The van der Waals surface area contributed by atoms with Gasteiger partial charge in [0.1, 0.15) is 5.56 Å². The Morgan fingerprint density at radius 1 is 1.19 bits per heavy atom. The second kappa shape index (κ2) is 9.38. The fourth-order valence-corrected chi connectivity index (χ4v) is 2.37. The number of anilines is 1. The maximum Gasteiger partial charge on any atom is 0.387 e. The van der Waals surface area contributed by atoms with E-state index in [-0.39, 0.29) is 22.0 Å². The minimum atomic E-state index is -3.18. The third-order valence-corrected chi connectivity index (χ3v) is 3.73. The van der Waals surface area contributed by atoms with Gasteiger partial charge in [-0.25, -0.2) is 4.79 Å². The molecule has 10 heteroatoms. The number of nitrogens with one attached hydrogen (secondary N) is 1. The van der Waals surface area contributed by atoms with Crippen LogP contribution in [0.3, 0.4) is 0 Å². The molecule has 0 aliphatic rings. The van der Waals surface area contributed by atoms with Crippen molar-refractivity contribution < 1.29 is 32.6 Å². The van der Waals surface area contributed by atoms with Gasteiger partial charge in [-0.05, 0) is 30.3 Å². The van der Waals surface area contributed by atoms with Crippen LogP contribution in [0.4, 0.5) is 14.5 Å². The van der Waals surface area contributed by atoms with Gasteiger partial charge in [-0.15, -0.1) is 0 Å². The molecule has 27 heavy (non-hydrogen) atoms. The van der Waals surface area contributed by atoms with E-state index in [4.69, 9.17) is 32.7 Å². The first-order valence-electron chi connectivity index (χ1n) is 7.35. The molecule has 0 aromatic heterocycles. The van der Waals surface area contributed by atoms with Crippen molar-refractivity contribution in [3.8, 4) is 11.5 Å². The van der Waals surface area contributed by atoms with Crippen molar-refractivity contribution in [1.82, 2.24) is 0 Å². The molecule has 0 spiro atoms. The highest BCUT2D eigenvalue weighted by Gasteiger charge is 2.22. The zero-order valence-electron chi connectivity index (χ0n) is 13.8. The fourth-order valence-electron chi connectivity index (χ4n) is 2.04. The summed E-state index contributed by atoms with van der Waals surface area (Å²) in [7, 11) is 1.23. The molecule has 0 saturated heterocycles. The number of benzene rings is 2. The van der Waals surface area contributed by atoms with Crippen molar-refractivity contribution in [3.63, 3.8) is 0 Å². The average molecular weight is 420 g/mol. The third kappa shape index (κ3) is 5.70. The predicted molar refractivity (Wildman–Crippen MR) is 95.0 cm³/mol. The monoisotopic (exact) mass is 419 g/mol. The van der Waals surface area contributed by atoms with Crippen molar-refractivity contribution in [1.29, 1.82) is 0 Å². The summed E-state index contributed by atoms with van der Waals surface area (Å²) in [4.78, 5) is 24.1. The van der Waals surface area contributed by atoms with Gasteiger partial charge >= 0.3 is 12.6 Å². The summed E-state index contributed by atoms with van der Waals surface area (Å²) in [6, 6.07) is 8.36. The van der Waals surface area contributed by atoms with Crippen LogP contribution in [0.15, 0.2) is 36.4 Å². The number of alkyl halides is 2. The Morgan fingerprint density at radius 2 is 1.93 bits per heavy atom. The summed E-state index contributed by atoms with van der Waals surface area (Å²) < 4.78 is 39.2. The molecule has 2 aromatic rings. The molecule has 0 heterocycles. The van der Waals surface area contributed by atoms with Gasteiger partial charge in [0, 0.05) is 5.02 Å². The number of halogens is 4. The van der Waals surface area contributed by atoms with Crippen molar-refractivity contribution in [2.45, 2.75) is 6.61 Å². The van der Waals surface area contributed by atoms with Crippen LogP contribution in [0.5, 0.6) is 11.5 Å². The van der Waals surface area contributed by atoms with E-state index in [1.54, 1.807) is 0 Å². The van der Waals surface area contributed by atoms with Crippen LogP contribution in [-0.4, -0.2) is 32.2 Å². The lowest BCUT2D eigenvalue weighted by Crippen LogP contribution is -2.21. The maximum absolute atomic E-state index is 12.6. The number of hydrogen-bond acceptors (Lipinski definition) is 5. The van der Waals surface area contributed by atoms with E-state index < -0.39 is 30.8 Å². The average Bonchev–Trinajstić information content (AvgIpc) is 2.62. The first-order chi connectivity index (χ1) is 12.8. The molecule has 0 aliphatic heterocycles. The van der Waals surface area contributed by atoms with Gasteiger partial charge in [-0.2, -0.15) is 8.78 Å². The molecule has 2 aromatic carbocycles. The van der Waals surface area contributed by atoms with Crippen LogP contribution in [0.2, 0.25) is 10.0 Å². The van der Waals surface area contributed by atoms with Crippen molar-refractivity contribution >= 4 is 40.8 Å². The molecule has 0 saturated carbocycles. The van der Waals surface area contributed by atoms with Crippen LogP contribution >= 0.6 is 23.2 Å². The number of hydrogen-bond donors (Lipinski definition) is 1. The minimum absolute atomic E-state index is 0.0834. The zero-order valence-corrected chi connectivity index (χ0v) is 15.3. The number of ether oxygens (including phenoxy) is 3. The Bertz CT molecular complexity index is 848. The van der Waals surface area contributed by atoms with E-state index in [2.05, 4.69) is 10.1 Å². The molecular formula is C17H13Cl2F2NO5. The number of carbonyl (C=O) groups is 2. The van der Waals surface area contributed by atoms with Gasteiger partial charge in [0.15, 0.2) is 18.1 Å². The highest BCUT2D eigenvalue weighted by molar-refractivity contribution is 6.35. The fraction of sp³-hybridized carbons (Fsp3) is 0.176. The quantitative estimate of drug-likeness (QED) is 0.673. The van der Waals surface area contributed by atoms with Crippen LogP contribution < -0.4 is 14.8 Å². The Kier molecular flexibility index (Phi) is 7.20. The van der Waals surface area contributed by atoms with Gasteiger partial charge in [0.2, 0.25) is 0 Å². The lowest BCUT2D eigenvalue weighted by atomic mass is 10.2. The highest BCUT2D eigenvalue weighted by atomic mass is 35.5. The van der Waals surface area contributed by atoms with Gasteiger partial charge in [0.25, 0.3) is 5.91 Å². The number of carbonyl (C=O) groups excluding carboxylic acids is 2. The smallest absolute Gasteiger partial charge is 0.387 e. The largest absolute Gasteiger partial charge is 0.493 e. The van der Waals surface area contributed by atoms with E-state index in [9.17, 15) is 18.4 Å². The molecule has 0 unspecified atom stereocenters. The molecule has 1 amide bonds. The third-order valence-electron chi connectivity index (χ3n) is 3.16. The summed E-state index contributed by atoms with van der Waals surface area (Å²) in [5.41, 5.74) is -0.0865. The normalized spacial score (nSPS) is 10.4. The molecule has 6 nitrogen and oxygen atoms in total. The summed E-state index contributed by atoms with van der Waals surface area (Å²) >= 11 is 11.7. The van der Waals surface area contributed by atoms with Gasteiger partial charge in [-0.1, -0.05) is 29.3 Å². The lowest BCUT2D eigenvalue weighted by molar-refractivity contribution is -0.119. The summed E-state index contributed by atoms with van der Waals surface area (Å²) in [6.07, 6.45) is 0. The van der Waals surface area contributed by atoms with Crippen molar-refractivity contribution in [2.24, 2.45) is 0 Å². The SMILES string of the molecule is COc1cccc(C(=O)OCC(=O)Nc2cc(Cl)ccc2Cl)c1OC(F)F. The Labute approximate surface area is 162 Å². The van der Waals surface area contributed by atoms with Gasteiger partial charge in [-0.3, -0.25) is 4.79 Å². The Morgan fingerprint density at radius 3 is 2.59 bits per heavy atom. The maximum atomic E-state index is 12.6. The number of methoxy groups -OCH3 is 1. The second-order valence-corrected chi connectivity index (χ2v) is 5.81. The van der Waals surface area contributed by atoms with Crippen LogP contribution in [0, 0.1) is 0 Å². The molecule has 0 atom stereocenters. The van der Waals surface area contributed by atoms with E-state index in [1.807, 2.05) is 0 Å².